The summed E-state index contributed by atoms with van der Waals surface area (Å²) in [5, 5.41) is 11.4. The number of nitrogens with zero attached hydrogens (tertiary/aromatic N) is 1. The summed E-state index contributed by atoms with van der Waals surface area (Å²) in [7, 11) is -1.70. The van der Waals surface area contributed by atoms with Crippen LogP contribution in [0, 0.1) is 11.3 Å². The van der Waals surface area contributed by atoms with Crippen molar-refractivity contribution in [1.82, 2.24) is 10.0 Å². The van der Waals surface area contributed by atoms with Crippen molar-refractivity contribution in [3.63, 3.8) is 0 Å². The first kappa shape index (κ1) is 12.1. The summed E-state index contributed by atoms with van der Waals surface area (Å²) in [6, 6.07) is 4.83. The van der Waals surface area contributed by atoms with E-state index >= 15 is 0 Å². The Labute approximate surface area is 92.8 Å². The summed E-state index contributed by atoms with van der Waals surface area (Å²) < 4.78 is 25.8. The number of hydrogen-bond donors (Lipinski definition) is 2. The first-order valence-electron chi connectivity index (χ1n) is 4.24. The Balaban J connectivity index is 2.74. The molecule has 1 heterocycles. The molecule has 0 aliphatic heterocycles. The lowest BCUT2D eigenvalue weighted by Gasteiger charge is -2.03. The Hall–Kier alpha value is -0.940. The molecule has 2 N–H and O–H groups in total. The standard InChI is InChI=1S/C8H11N3O2S2/c1-10-4-5-11-15(12,13)8-3-2-7(6-9)14-8/h2-3,10-11H,4-5H2,1H3. The van der Waals surface area contributed by atoms with Crippen molar-refractivity contribution in [3.8, 4) is 6.07 Å². The third-order valence-electron chi connectivity index (χ3n) is 1.62. The smallest absolute Gasteiger partial charge is 0.250 e. The van der Waals surface area contributed by atoms with Crippen molar-refractivity contribution in [2.75, 3.05) is 20.1 Å². The summed E-state index contributed by atoms with van der Waals surface area (Å²) >= 11 is 0.966. The van der Waals surface area contributed by atoms with Crippen molar-refractivity contribution in [2.24, 2.45) is 0 Å². The molecule has 0 saturated carbocycles. The molecule has 0 fully saturated rings. The minimum absolute atomic E-state index is 0.176. The minimum atomic E-state index is -3.44. The molecule has 0 bridgehead atoms. The van der Waals surface area contributed by atoms with Gasteiger partial charge in [-0.1, -0.05) is 0 Å². The van der Waals surface area contributed by atoms with Gasteiger partial charge < -0.3 is 5.32 Å². The van der Waals surface area contributed by atoms with Crippen molar-refractivity contribution in [1.29, 1.82) is 5.26 Å². The van der Waals surface area contributed by atoms with Crippen LogP contribution in [0.25, 0.3) is 0 Å². The molecule has 0 radical (unpaired) electrons. The van der Waals surface area contributed by atoms with Gasteiger partial charge in [-0.3, -0.25) is 0 Å². The highest BCUT2D eigenvalue weighted by Crippen LogP contribution is 2.20. The zero-order chi connectivity index (χ0) is 11.3. The van der Waals surface area contributed by atoms with E-state index in [1.165, 1.54) is 12.1 Å². The largest absolute Gasteiger partial charge is 0.318 e. The Morgan fingerprint density at radius 3 is 2.73 bits per heavy atom. The van der Waals surface area contributed by atoms with Crippen LogP contribution in [0.4, 0.5) is 0 Å². The van der Waals surface area contributed by atoms with E-state index < -0.39 is 10.0 Å². The fraction of sp³-hybridized carbons (Fsp3) is 0.375. The highest BCUT2D eigenvalue weighted by molar-refractivity contribution is 7.91. The SMILES string of the molecule is CNCCNS(=O)(=O)c1ccc(C#N)s1. The highest BCUT2D eigenvalue weighted by Gasteiger charge is 2.15. The van der Waals surface area contributed by atoms with E-state index in [0.717, 1.165) is 11.3 Å². The van der Waals surface area contributed by atoms with Gasteiger partial charge >= 0.3 is 0 Å². The molecule has 0 unspecified atom stereocenters. The number of sulfonamides is 1. The predicted octanol–water partition coefficient (Wildman–Crippen LogP) is 0.117. The van der Waals surface area contributed by atoms with E-state index in [0.29, 0.717) is 18.0 Å². The Morgan fingerprint density at radius 1 is 1.47 bits per heavy atom. The van der Waals surface area contributed by atoms with Gasteiger partial charge in [-0.15, -0.1) is 11.3 Å². The van der Waals surface area contributed by atoms with E-state index in [4.69, 9.17) is 5.26 Å². The van der Waals surface area contributed by atoms with Crippen molar-refractivity contribution in [3.05, 3.63) is 17.0 Å². The molecule has 0 saturated heterocycles. The van der Waals surface area contributed by atoms with Gasteiger partial charge in [0.25, 0.3) is 0 Å². The molecule has 0 aromatic carbocycles. The Bertz CT molecular complexity index is 458. The molecular weight excluding hydrogens is 234 g/mol. The van der Waals surface area contributed by atoms with Gasteiger partial charge in [0.1, 0.15) is 15.2 Å². The zero-order valence-electron chi connectivity index (χ0n) is 8.15. The summed E-state index contributed by atoms with van der Waals surface area (Å²) in [4.78, 5) is 0.393. The summed E-state index contributed by atoms with van der Waals surface area (Å²) in [5.74, 6) is 0. The maximum Gasteiger partial charge on any atom is 0.250 e. The van der Waals surface area contributed by atoms with Crippen LogP contribution in [0.2, 0.25) is 0 Å². The third-order valence-corrected chi connectivity index (χ3v) is 4.57. The predicted molar refractivity (Wildman–Crippen MR) is 58.1 cm³/mol. The van der Waals surface area contributed by atoms with Crippen LogP contribution < -0.4 is 10.0 Å². The van der Waals surface area contributed by atoms with Crippen molar-refractivity contribution in [2.45, 2.75) is 4.21 Å². The molecule has 7 heteroatoms. The lowest BCUT2D eigenvalue weighted by atomic mass is 10.5. The van der Waals surface area contributed by atoms with Crippen LogP contribution in [-0.4, -0.2) is 28.6 Å². The van der Waals surface area contributed by atoms with Gasteiger partial charge in [0.05, 0.1) is 0 Å². The monoisotopic (exact) mass is 245 g/mol. The van der Waals surface area contributed by atoms with Crippen LogP contribution in [-0.2, 0) is 10.0 Å². The summed E-state index contributed by atoms with van der Waals surface area (Å²) in [6.07, 6.45) is 0. The topological polar surface area (TPSA) is 82.0 Å². The summed E-state index contributed by atoms with van der Waals surface area (Å²) in [5.41, 5.74) is 0. The van der Waals surface area contributed by atoms with Crippen LogP contribution >= 0.6 is 11.3 Å². The molecule has 1 aromatic heterocycles. The number of nitrogens with one attached hydrogen (secondary N) is 2. The van der Waals surface area contributed by atoms with Gasteiger partial charge in [0.2, 0.25) is 10.0 Å². The van der Waals surface area contributed by atoms with Gasteiger partial charge in [-0.25, -0.2) is 13.1 Å². The molecule has 1 aromatic rings. The number of hydrogen-bond acceptors (Lipinski definition) is 5. The zero-order valence-corrected chi connectivity index (χ0v) is 9.78. The molecule has 0 atom stereocenters. The third kappa shape index (κ3) is 3.28. The molecule has 0 amide bonds. The van der Waals surface area contributed by atoms with Gasteiger partial charge in [0.15, 0.2) is 0 Å². The second-order valence-corrected chi connectivity index (χ2v) is 5.81. The van der Waals surface area contributed by atoms with Crippen molar-refractivity contribution < 1.29 is 8.42 Å². The second-order valence-electron chi connectivity index (χ2n) is 2.73. The Morgan fingerprint density at radius 2 is 2.20 bits per heavy atom. The molecule has 15 heavy (non-hydrogen) atoms. The molecule has 0 spiro atoms. The van der Waals surface area contributed by atoms with E-state index in [9.17, 15) is 8.42 Å². The number of rotatable bonds is 5. The molecule has 5 nitrogen and oxygen atoms in total. The Kier molecular flexibility index (Phi) is 4.23. The molecule has 82 valence electrons. The average Bonchev–Trinajstić information content (AvgIpc) is 2.66. The first-order chi connectivity index (χ1) is 7.10. The highest BCUT2D eigenvalue weighted by atomic mass is 32.2. The lowest BCUT2D eigenvalue weighted by molar-refractivity contribution is 0.581. The van der Waals surface area contributed by atoms with Crippen molar-refractivity contribution >= 4 is 21.4 Å². The second kappa shape index (κ2) is 5.23. The number of thiophene rings is 1. The molecule has 1 rings (SSSR count). The van der Waals surface area contributed by atoms with E-state index in [-0.39, 0.29) is 4.21 Å². The minimum Gasteiger partial charge on any atom is -0.318 e. The van der Waals surface area contributed by atoms with Crippen LogP contribution in [0.5, 0.6) is 0 Å². The lowest BCUT2D eigenvalue weighted by Crippen LogP contribution is -2.29. The van der Waals surface area contributed by atoms with E-state index in [1.54, 1.807) is 7.05 Å². The summed E-state index contributed by atoms with van der Waals surface area (Å²) in [6.45, 7) is 0.897. The van der Waals surface area contributed by atoms with Crippen LogP contribution in [0.3, 0.4) is 0 Å². The fourth-order valence-electron chi connectivity index (χ4n) is 0.906. The van der Waals surface area contributed by atoms with Gasteiger partial charge in [-0.05, 0) is 19.2 Å². The van der Waals surface area contributed by atoms with Gasteiger partial charge in [-0.2, -0.15) is 5.26 Å². The number of nitriles is 1. The maximum atomic E-state index is 11.6. The normalized spacial score (nSPS) is 11.2. The fourth-order valence-corrected chi connectivity index (χ4v) is 3.09. The first-order valence-corrected chi connectivity index (χ1v) is 6.54. The van der Waals surface area contributed by atoms with Crippen LogP contribution in [0.15, 0.2) is 16.3 Å². The average molecular weight is 245 g/mol. The van der Waals surface area contributed by atoms with E-state index in [2.05, 4.69) is 10.0 Å². The maximum absolute atomic E-state index is 11.6. The van der Waals surface area contributed by atoms with Crippen LogP contribution in [0.1, 0.15) is 4.88 Å². The molecular formula is C8H11N3O2S2. The molecule has 0 aliphatic rings. The van der Waals surface area contributed by atoms with E-state index in [1.807, 2.05) is 6.07 Å². The molecule has 0 aliphatic carbocycles. The number of likely N-dealkylation sites (N-methyl/N-ethyl adjacent to an activating group) is 1. The quantitative estimate of drug-likeness (QED) is 0.722. The van der Waals surface area contributed by atoms with Gasteiger partial charge in [0, 0.05) is 13.1 Å².